The van der Waals surface area contributed by atoms with Gasteiger partial charge in [0.05, 0.1) is 12.7 Å². The fourth-order valence-electron chi connectivity index (χ4n) is 3.16. The van der Waals surface area contributed by atoms with E-state index in [0.29, 0.717) is 37.2 Å². The molecule has 8 heteroatoms. The molecule has 1 fully saturated rings. The Labute approximate surface area is 143 Å². The van der Waals surface area contributed by atoms with Crippen molar-refractivity contribution in [1.82, 2.24) is 0 Å². The Balaban J connectivity index is 1.61. The smallest absolute Gasteiger partial charge is 0.406 e. The molecule has 2 aliphatic rings. The first-order valence-corrected chi connectivity index (χ1v) is 8.31. The number of hydrogen-bond donors (Lipinski definition) is 0. The van der Waals surface area contributed by atoms with Crippen molar-refractivity contribution >= 4 is 11.6 Å². The van der Waals surface area contributed by atoms with Crippen LogP contribution >= 0.6 is 0 Å². The van der Waals surface area contributed by atoms with Crippen molar-refractivity contribution in [2.75, 3.05) is 31.3 Å². The quantitative estimate of drug-likeness (QED) is 0.811. The number of fused-ring (bicyclic) bond motifs is 1. The van der Waals surface area contributed by atoms with Crippen LogP contribution in [0.3, 0.4) is 0 Å². The fourth-order valence-corrected chi connectivity index (χ4v) is 3.16. The summed E-state index contributed by atoms with van der Waals surface area (Å²) in [6.45, 7) is 1.56. The van der Waals surface area contributed by atoms with Crippen LogP contribution in [0.4, 0.5) is 18.9 Å². The first-order chi connectivity index (χ1) is 11.9. The number of amides is 1. The standard InChI is InChI=1S/C17H20F3NO4/c18-17(19,20)25-13-5-6-15-12(9-13)3-1-7-21(15)16(22)11-23-10-14-4-2-8-24-14/h5-6,9,14H,1-4,7-8,10-11H2. The maximum absolute atomic E-state index is 12.4. The number of aryl methyl sites for hydroxylation is 1. The van der Waals surface area contributed by atoms with Gasteiger partial charge in [-0.1, -0.05) is 0 Å². The molecule has 0 aliphatic carbocycles. The monoisotopic (exact) mass is 359 g/mol. The Kier molecular flexibility index (Phi) is 5.48. The van der Waals surface area contributed by atoms with E-state index in [4.69, 9.17) is 9.47 Å². The summed E-state index contributed by atoms with van der Waals surface area (Å²) in [7, 11) is 0. The average molecular weight is 359 g/mol. The second-order valence-electron chi connectivity index (χ2n) is 6.14. The number of nitrogens with zero attached hydrogens (tertiary/aromatic N) is 1. The first-order valence-electron chi connectivity index (χ1n) is 8.31. The van der Waals surface area contributed by atoms with Crippen molar-refractivity contribution in [2.45, 2.75) is 38.1 Å². The van der Waals surface area contributed by atoms with E-state index < -0.39 is 6.36 Å². The lowest BCUT2D eigenvalue weighted by molar-refractivity contribution is -0.274. The highest BCUT2D eigenvalue weighted by atomic mass is 19.4. The molecule has 0 spiro atoms. The van der Waals surface area contributed by atoms with E-state index >= 15 is 0 Å². The number of hydrogen-bond acceptors (Lipinski definition) is 4. The number of halogens is 3. The number of anilines is 1. The molecule has 1 saturated heterocycles. The van der Waals surface area contributed by atoms with E-state index in [2.05, 4.69) is 4.74 Å². The molecule has 0 aromatic heterocycles. The zero-order valence-electron chi connectivity index (χ0n) is 13.7. The van der Waals surface area contributed by atoms with Crippen LogP contribution in [-0.2, 0) is 20.7 Å². The van der Waals surface area contributed by atoms with E-state index in [-0.39, 0.29) is 24.4 Å². The largest absolute Gasteiger partial charge is 0.573 e. The minimum Gasteiger partial charge on any atom is -0.406 e. The van der Waals surface area contributed by atoms with Crippen LogP contribution in [0.25, 0.3) is 0 Å². The van der Waals surface area contributed by atoms with Gasteiger partial charge in [0.1, 0.15) is 12.4 Å². The summed E-state index contributed by atoms with van der Waals surface area (Å²) < 4.78 is 51.8. The van der Waals surface area contributed by atoms with Crippen LogP contribution in [0.15, 0.2) is 18.2 Å². The lowest BCUT2D eigenvalue weighted by Gasteiger charge is -2.30. The third-order valence-electron chi connectivity index (χ3n) is 4.26. The second-order valence-corrected chi connectivity index (χ2v) is 6.14. The minimum absolute atomic E-state index is 0.0449. The van der Waals surface area contributed by atoms with Gasteiger partial charge in [-0.05, 0) is 49.4 Å². The van der Waals surface area contributed by atoms with Gasteiger partial charge in [0.2, 0.25) is 0 Å². The summed E-state index contributed by atoms with van der Waals surface area (Å²) in [5.74, 6) is -0.474. The van der Waals surface area contributed by atoms with Crippen molar-refractivity contribution in [2.24, 2.45) is 0 Å². The fraction of sp³-hybridized carbons (Fsp3) is 0.588. The Hall–Kier alpha value is -1.80. The van der Waals surface area contributed by atoms with Crippen LogP contribution in [0.1, 0.15) is 24.8 Å². The SMILES string of the molecule is O=C(COCC1CCCO1)N1CCCc2cc(OC(F)(F)F)ccc21. The van der Waals surface area contributed by atoms with Gasteiger partial charge < -0.3 is 19.1 Å². The lowest BCUT2D eigenvalue weighted by atomic mass is 10.0. The number of carbonyl (C=O) groups excluding carboxylic acids is 1. The highest BCUT2D eigenvalue weighted by molar-refractivity contribution is 5.95. The van der Waals surface area contributed by atoms with Gasteiger partial charge >= 0.3 is 6.36 Å². The van der Waals surface area contributed by atoms with E-state index in [1.165, 1.54) is 18.2 Å². The van der Waals surface area contributed by atoms with Crippen molar-refractivity contribution in [1.29, 1.82) is 0 Å². The molecule has 1 aromatic carbocycles. The molecule has 1 unspecified atom stereocenters. The molecule has 25 heavy (non-hydrogen) atoms. The second kappa shape index (κ2) is 7.61. The summed E-state index contributed by atoms with van der Waals surface area (Å²) in [4.78, 5) is 14.0. The summed E-state index contributed by atoms with van der Waals surface area (Å²) in [5.41, 5.74) is 1.28. The molecule has 0 N–H and O–H groups in total. The van der Waals surface area contributed by atoms with Crippen LogP contribution in [0.2, 0.25) is 0 Å². The Morgan fingerprint density at radius 3 is 2.88 bits per heavy atom. The van der Waals surface area contributed by atoms with Crippen LogP contribution in [-0.4, -0.2) is 44.7 Å². The predicted molar refractivity (Wildman–Crippen MR) is 83.6 cm³/mol. The molecule has 3 rings (SSSR count). The van der Waals surface area contributed by atoms with Crippen molar-refractivity contribution in [3.05, 3.63) is 23.8 Å². The van der Waals surface area contributed by atoms with Crippen LogP contribution < -0.4 is 9.64 Å². The highest BCUT2D eigenvalue weighted by Gasteiger charge is 2.32. The zero-order valence-corrected chi connectivity index (χ0v) is 13.7. The highest BCUT2D eigenvalue weighted by Crippen LogP contribution is 2.32. The van der Waals surface area contributed by atoms with Crippen molar-refractivity contribution in [3.63, 3.8) is 0 Å². The zero-order chi connectivity index (χ0) is 17.9. The maximum Gasteiger partial charge on any atom is 0.573 e. The first kappa shape index (κ1) is 18.0. The van der Waals surface area contributed by atoms with Crippen molar-refractivity contribution in [3.8, 4) is 5.75 Å². The third-order valence-corrected chi connectivity index (χ3v) is 4.26. The van der Waals surface area contributed by atoms with Gasteiger partial charge in [0.15, 0.2) is 0 Å². The molecule has 1 amide bonds. The molecule has 138 valence electrons. The third kappa shape index (κ3) is 4.85. The van der Waals surface area contributed by atoms with Gasteiger partial charge in [-0.2, -0.15) is 0 Å². The van der Waals surface area contributed by atoms with Crippen LogP contribution in [0.5, 0.6) is 5.75 Å². The van der Waals surface area contributed by atoms with Gasteiger partial charge in [0.25, 0.3) is 5.91 Å². The van der Waals surface area contributed by atoms with Gasteiger partial charge in [-0.15, -0.1) is 13.2 Å². The van der Waals surface area contributed by atoms with E-state index in [9.17, 15) is 18.0 Å². The summed E-state index contributed by atoms with van der Waals surface area (Å²) in [5, 5.41) is 0. The molecule has 0 radical (unpaired) electrons. The van der Waals surface area contributed by atoms with E-state index in [1.807, 2.05) is 0 Å². The maximum atomic E-state index is 12.4. The molecular formula is C17H20F3NO4. The number of rotatable bonds is 5. The number of alkyl halides is 3. The molecule has 2 heterocycles. The summed E-state index contributed by atoms with van der Waals surface area (Å²) in [6, 6.07) is 4.06. The summed E-state index contributed by atoms with van der Waals surface area (Å²) >= 11 is 0. The predicted octanol–water partition coefficient (Wildman–Crippen LogP) is 3.06. The Bertz CT molecular complexity index is 614. The molecule has 5 nitrogen and oxygen atoms in total. The molecule has 2 aliphatic heterocycles. The normalized spacial score (nSPS) is 20.4. The number of carbonyl (C=O) groups is 1. The topological polar surface area (TPSA) is 48.0 Å². The molecule has 1 aromatic rings. The van der Waals surface area contributed by atoms with E-state index in [1.54, 1.807) is 4.90 Å². The number of benzene rings is 1. The van der Waals surface area contributed by atoms with E-state index in [0.717, 1.165) is 19.4 Å². The molecular weight excluding hydrogens is 339 g/mol. The minimum atomic E-state index is -4.73. The molecule has 1 atom stereocenters. The molecule has 0 saturated carbocycles. The van der Waals surface area contributed by atoms with Crippen molar-refractivity contribution < 1.29 is 32.2 Å². The van der Waals surface area contributed by atoms with Gasteiger partial charge in [0, 0.05) is 18.8 Å². The average Bonchev–Trinajstić information content (AvgIpc) is 3.05. The van der Waals surface area contributed by atoms with Crippen LogP contribution in [0, 0.1) is 0 Å². The van der Waals surface area contributed by atoms with Gasteiger partial charge in [-0.25, -0.2) is 0 Å². The number of ether oxygens (including phenoxy) is 3. The molecule has 0 bridgehead atoms. The summed E-state index contributed by atoms with van der Waals surface area (Å²) in [6.07, 6.45) is -1.46. The Morgan fingerprint density at radius 2 is 2.16 bits per heavy atom. The van der Waals surface area contributed by atoms with Gasteiger partial charge in [-0.3, -0.25) is 4.79 Å². The Morgan fingerprint density at radius 1 is 1.32 bits per heavy atom. The lowest BCUT2D eigenvalue weighted by Crippen LogP contribution is -2.38.